The van der Waals surface area contributed by atoms with Crippen LogP contribution in [0.5, 0.6) is 0 Å². The number of anilines is 1. The SMILES string of the molecule is Cc1nccc(N(CCC(=N)N)C(C)C)n1. The molecule has 88 valence electrons. The summed E-state index contributed by atoms with van der Waals surface area (Å²) in [5.74, 6) is 1.85. The van der Waals surface area contributed by atoms with Gasteiger partial charge >= 0.3 is 0 Å². The number of nitrogens with zero attached hydrogens (tertiary/aromatic N) is 3. The quantitative estimate of drug-likeness (QED) is 0.580. The van der Waals surface area contributed by atoms with Gasteiger partial charge in [-0.15, -0.1) is 0 Å². The van der Waals surface area contributed by atoms with Gasteiger partial charge in [0.05, 0.1) is 5.84 Å². The predicted octanol–water partition coefficient (Wildman–Crippen LogP) is 1.33. The van der Waals surface area contributed by atoms with Crippen molar-refractivity contribution in [2.45, 2.75) is 33.2 Å². The van der Waals surface area contributed by atoms with Crippen LogP contribution in [0, 0.1) is 12.3 Å². The Morgan fingerprint density at radius 1 is 1.56 bits per heavy atom. The average molecular weight is 221 g/mol. The molecule has 1 aromatic heterocycles. The number of aryl methyl sites for hydroxylation is 1. The van der Waals surface area contributed by atoms with E-state index >= 15 is 0 Å². The largest absolute Gasteiger partial charge is 0.388 e. The third-order valence-corrected chi connectivity index (χ3v) is 2.30. The Kier molecular flexibility index (Phi) is 4.22. The van der Waals surface area contributed by atoms with Crippen LogP contribution in [0.15, 0.2) is 12.3 Å². The first-order valence-corrected chi connectivity index (χ1v) is 5.40. The van der Waals surface area contributed by atoms with Gasteiger partial charge in [0.2, 0.25) is 0 Å². The molecular formula is C11H19N5. The monoisotopic (exact) mass is 221 g/mol. The van der Waals surface area contributed by atoms with E-state index in [1.165, 1.54) is 0 Å². The molecule has 0 saturated heterocycles. The van der Waals surface area contributed by atoms with Crippen molar-refractivity contribution in [1.82, 2.24) is 9.97 Å². The minimum absolute atomic E-state index is 0.205. The van der Waals surface area contributed by atoms with E-state index in [1.807, 2.05) is 13.0 Å². The van der Waals surface area contributed by atoms with E-state index in [4.69, 9.17) is 11.1 Å². The van der Waals surface area contributed by atoms with Crippen molar-refractivity contribution in [2.24, 2.45) is 5.73 Å². The van der Waals surface area contributed by atoms with Crippen LogP contribution in [0.2, 0.25) is 0 Å². The zero-order valence-electron chi connectivity index (χ0n) is 10.1. The molecular weight excluding hydrogens is 202 g/mol. The third kappa shape index (κ3) is 3.49. The van der Waals surface area contributed by atoms with Crippen molar-refractivity contribution in [1.29, 1.82) is 5.41 Å². The van der Waals surface area contributed by atoms with Crippen molar-refractivity contribution in [2.75, 3.05) is 11.4 Å². The van der Waals surface area contributed by atoms with Crippen LogP contribution in [0.1, 0.15) is 26.1 Å². The topological polar surface area (TPSA) is 78.9 Å². The van der Waals surface area contributed by atoms with Crippen molar-refractivity contribution in [3.05, 3.63) is 18.1 Å². The Balaban J connectivity index is 2.81. The van der Waals surface area contributed by atoms with E-state index in [9.17, 15) is 0 Å². The highest BCUT2D eigenvalue weighted by atomic mass is 15.2. The van der Waals surface area contributed by atoms with Gasteiger partial charge in [0.25, 0.3) is 0 Å². The van der Waals surface area contributed by atoms with Gasteiger partial charge in [0, 0.05) is 25.2 Å². The minimum atomic E-state index is 0.205. The number of rotatable bonds is 5. The molecule has 0 radical (unpaired) electrons. The molecule has 0 bridgehead atoms. The molecule has 0 aromatic carbocycles. The van der Waals surface area contributed by atoms with Gasteiger partial charge in [-0.25, -0.2) is 9.97 Å². The lowest BCUT2D eigenvalue weighted by Crippen LogP contribution is -2.34. The maximum absolute atomic E-state index is 7.25. The summed E-state index contributed by atoms with van der Waals surface area (Å²) in [5.41, 5.74) is 5.37. The summed E-state index contributed by atoms with van der Waals surface area (Å²) in [7, 11) is 0. The molecule has 0 aliphatic carbocycles. The summed E-state index contributed by atoms with van der Waals surface area (Å²) in [6.07, 6.45) is 2.31. The van der Waals surface area contributed by atoms with Crippen LogP contribution in [0.4, 0.5) is 5.82 Å². The molecule has 1 heterocycles. The van der Waals surface area contributed by atoms with Gasteiger partial charge in [-0.05, 0) is 26.8 Å². The van der Waals surface area contributed by atoms with Gasteiger partial charge in [-0.3, -0.25) is 5.41 Å². The molecule has 5 nitrogen and oxygen atoms in total. The third-order valence-electron chi connectivity index (χ3n) is 2.30. The van der Waals surface area contributed by atoms with Crippen LogP contribution in [0.3, 0.4) is 0 Å². The first kappa shape index (κ1) is 12.4. The molecule has 1 rings (SSSR count). The molecule has 0 atom stereocenters. The first-order valence-electron chi connectivity index (χ1n) is 5.40. The Hall–Kier alpha value is -1.65. The van der Waals surface area contributed by atoms with Gasteiger partial charge in [-0.2, -0.15) is 0 Å². The number of nitrogens with one attached hydrogen (secondary N) is 1. The summed E-state index contributed by atoms with van der Waals surface area (Å²) in [4.78, 5) is 10.6. The lowest BCUT2D eigenvalue weighted by atomic mass is 10.2. The van der Waals surface area contributed by atoms with Crippen LogP contribution < -0.4 is 10.6 Å². The van der Waals surface area contributed by atoms with Crippen LogP contribution >= 0.6 is 0 Å². The van der Waals surface area contributed by atoms with Crippen LogP contribution in [-0.4, -0.2) is 28.4 Å². The highest BCUT2D eigenvalue weighted by molar-refractivity contribution is 5.77. The number of nitrogens with two attached hydrogens (primary N) is 1. The van der Waals surface area contributed by atoms with Crippen molar-refractivity contribution >= 4 is 11.7 Å². The second-order valence-corrected chi connectivity index (χ2v) is 4.02. The average Bonchev–Trinajstić information content (AvgIpc) is 2.17. The lowest BCUT2D eigenvalue weighted by molar-refractivity contribution is 0.676. The molecule has 1 aromatic rings. The fraction of sp³-hybridized carbons (Fsp3) is 0.545. The summed E-state index contributed by atoms with van der Waals surface area (Å²) in [6, 6.07) is 2.21. The number of amidine groups is 1. The Bertz CT molecular complexity index is 361. The molecule has 3 N–H and O–H groups in total. The summed E-state index contributed by atoms with van der Waals surface area (Å²) >= 11 is 0. The molecule has 0 amide bonds. The van der Waals surface area contributed by atoms with E-state index in [-0.39, 0.29) is 5.84 Å². The smallest absolute Gasteiger partial charge is 0.132 e. The maximum atomic E-state index is 7.25. The molecule has 0 aliphatic rings. The standard InChI is InChI=1S/C11H19N5/c1-8(2)16(7-5-10(12)13)11-4-6-14-9(3)15-11/h4,6,8H,5,7H2,1-3H3,(H3,12,13). The molecule has 0 spiro atoms. The fourth-order valence-corrected chi connectivity index (χ4v) is 1.48. The Morgan fingerprint density at radius 2 is 2.25 bits per heavy atom. The van der Waals surface area contributed by atoms with Crippen molar-refractivity contribution in [3.8, 4) is 0 Å². The molecule has 0 saturated carbocycles. The number of hydrogen-bond donors (Lipinski definition) is 2. The molecule has 16 heavy (non-hydrogen) atoms. The molecule has 5 heteroatoms. The fourth-order valence-electron chi connectivity index (χ4n) is 1.48. The van der Waals surface area contributed by atoms with Gasteiger partial charge < -0.3 is 10.6 Å². The number of hydrogen-bond acceptors (Lipinski definition) is 4. The second kappa shape index (κ2) is 5.44. The van der Waals surface area contributed by atoms with Crippen molar-refractivity contribution < 1.29 is 0 Å². The van der Waals surface area contributed by atoms with Crippen molar-refractivity contribution in [3.63, 3.8) is 0 Å². The molecule has 0 aliphatic heterocycles. The normalized spacial score (nSPS) is 10.5. The van der Waals surface area contributed by atoms with Crippen LogP contribution in [0.25, 0.3) is 0 Å². The van der Waals surface area contributed by atoms with Crippen LogP contribution in [-0.2, 0) is 0 Å². The summed E-state index contributed by atoms with van der Waals surface area (Å²) in [6.45, 7) is 6.77. The van der Waals surface area contributed by atoms with E-state index in [0.717, 1.165) is 11.6 Å². The van der Waals surface area contributed by atoms with E-state index < -0.39 is 0 Å². The second-order valence-electron chi connectivity index (χ2n) is 4.02. The predicted molar refractivity (Wildman–Crippen MR) is 65.8 cm³/mol. The van der Waals surface area contributed by atoms with E-state index in [2.05, 4.69) is 28.7 Å². The zero-order valence-corrected chi connectivity index (χ0v) is 10.1. The Morgan fingerprint density at radius 3 is 2.75 bits per heavy atom. The summed E-state index contributed by atoms with van der Waals surface area (Å²) in [5, 5.41) is 7.25. The van der Waals surface area contributed by atoms with Gasteiger partial charge in [0.15, 0.2) is 0 Å². The molecule has 0 fully saturated rings. The highest BCUT2D eigenvalue weighted by Crippen LogP contribution is 2.13. The lowest BCUT2D eigenvalue weighted by Gasteiger charge is -2.27. The zero-order chi connectivity index (χ0) is 12.1. The van der Waals surface area contributed by atoms with Gasteiger partial charge in [-0.1, -0.05) is 0 Å². The Labute approximate surface area is 96.2 Å². The van der Waals surface area contributed by atoms with E-state index in [1.54, 1.807) is 6.20 Å². The van der Waals surface area contributed by atoms with E-state index in [0.29, 0.717) is 19.0 Å². The number of aromatic nitrogens is 2. The minimum Gasteiger partial charge on any atom is -0.388 e. The van der Waals surface area contributed by atoms with Gasteiger partial charge in [0.1, 0.15) is 11.6 Å². The first-order chi connectivity index (χ1) is 7.50. The summed E-state index contributed by atoms with van der Waals surface area (Å²) < 4.78 is 0. The maximum Gasteiger partial charge on any atom is 0.132 e. The highest BCUT2D eigenvalue weighted by Gasteiger charge is 2.12. The molecule has 0 unspecified atom stereocenters.